The second kappa shape index (κ2) is 12.6. The van der Waals surface area contributed by atoms with Crippen LogP contribution in [0.2, 0.25) is 0 Å². The Labute approximate surface area is 378 Å². The maximum Gasteiger partial charge on any atom is 0.252 e. The van der Waals surface area contributed by atoms with Gasteiger partial charge in [0.25, 0.3) is 6.71 Å². The number of benzene rings is 10. The average molecular weight is 832 g/mol. The number of pyridine rings is 1. The van der Waals surface area contributed by atoms with Gasteiger partial charge < -0.3 is 9.47 Å². The molecule has 0 aliphatic carbocycles. The number of rotatable bonds is 1. The molecule has 4 heteroatoms. The van der Waals surface area contributed by atoms with Crippen LogP contribution in [0.5, 0.6) is 0 Å². The highest BCUT2D eigenvalue weighted by molar-refractivity contribution is 7.00. The van der Waals surface area contributed by atoms with Crippen LogP contribution >= 0.6 is 0 Å². The van der Waals surface area contributed by atoms with Gasteiger partial charge in [-0.15, -0.1) is 0 Å². The molecule has 0 N–H and O–H groups in total. The van der Waals surface area contributed by atoms with Crippen LogP contribution in [0.25, 0.3) is 92.1 Å². The van der Waals surface area contributed by atoms with E-state index in [-0.39, 0.29) is 17.5 Å². The van der Waals surface area contributed by atoms with Crippen molar-refractivity contribution < 1.29 is 0 Å². The molecule has 0 fully saturated rings. The summed E-state index contributed by atoms with van der Waals surface area (Å²) in [6, 6.07) is 60.5. The van der Waals surface area contributed by atoms with E-state index in [2.05, 4.69) is 215 Å². The molecule has 0 spiro atoms. The number of anilines is 3. The van der Waals surface area contributed by atoms with Crippen molar-refractivity contribution in [2.45, 2.75) is 52.4 Å². The molecule has 65 heavy (non-hydrogen) atoms. The number of fused-ring (bicyclic) bond motifs is 21. The number of hydrogen-bond donors (Lipinski definition) is 0. The van der Waals surface area contributed by atoms with E-state index >= 15 is 0 Å². The fourth-order valence-corrected chi connectivity index (χ4v) is 12.1. The molecule has 2 aliphatic rings. The van der Waals surface area contributed by atoms with Crippen LogP contribution in [-0.4, -0.2) is 16.3 Å². The fraction of sp³-hybridized carbons (Fsp3) is 0.131. The molecule has 0 bridgehead atoms. The molecule has 12 aromatic rings. The van der Waals surface area contributed by atoms with Crippen molar-refractivity contribution in [3.05, 3.63) is 181 Å². The monoisotopic (exact) mass is 831 g/mol. The summed E-state index contributed by atoms with van der Waals surface area (Å²) in [7, 11) is 0. The zero-order valence-electron chi connectivity index (χ0n) is 37.6. The minimum absolute atomic E-state index is 0.0143. The molecule has 308 valence electrons. The molecule has 0 saturated carbocycles. The summed E-state index contributed by atoms with van der Waals surface area (Å²) < 4.78 is 2.66. The van der Waals surface area contributed by atoms with Gasteiger partial charge in [0, 0.05) is 61.9 Å². The van der Waals surface area contributed by atoms with E-state index < -0.39 is 0 Å². The summed E-state index contributed by atoms with van der Waals surface area (Å²) in [5.41, 5.74) is 14.2. The Hall–Kier alpha value is -7.43. The molecule has 10 aromatic carbocycles. The Morgan fingerprint density at radius 1 is 0.431 bits per heavy atom. The minimum atomic E-state index is -0.0405. The van der Waals surface area contributed by atoms with E-state index in [1.165, 1.54) is 131 Å². The molecule has 4 heterocycles. The van der Waals surface area contributed by atoms with Crippen molar-refractivity contribution in [3.8, 4) is 5.69 Å². The first-order chi connectivity index (χ1) is 31.6. The summed E-state index contributed by atoms with van der Waals surface area (Å²) >= 11 is 0. The zero-order valence-corrected chi connectivity index (χ0v) is 37.6. The summed E-state index contributed by atoms with van der Waals surface area (Å²) in [4.78, 5) is 7.37. The Morgan fingerprint density at radius 3 is 1.71 bits per heavy atom. The third-order valence-electron chi connectivity index (χ3n) is 15.1. The first-order valence-corrected chi connectivity index (χ1v) is 23.2. The third-order valence-corrected chi connectivity index (χ3v) is 15.1. The second-order valence-electron chi connectivity index (χ2n) is 20.7. The van der Waals surface area contributed by atoms with E-state index in [1.807, 2.05) is 6.20 Å². The molecular weight excluding hydrogens is 786 g/mol. The second-order valence-corrected chi connectivity index (χ2v) is 20.7. The summed E-state index contributed by atoms with van der Waals surface area (Å²) in [5, 5.41) is 17.8. The van der Waals surface area contributed by atoms with E-state index in [1.54, 1.807) is 0 Å². The van der Waals surface area contributed by atoms with Gasteiger partial charge in [0.15, 0.2) is 0 Å². The van der Waals surface area contributed by atoms with Gasteiger partial charge in [-0.05, 0) is 123 Å². The van der Waals surface area contributed by atoms with E-state index in [0.717, 1.165) is 5.69 Å². The SMILES string of the molecule is CC(C)(C)c1ccc(N2c3ccc(C(C)(C)C)cc3B3c4c(cc5c6ccccc6c6cnccc6c5c42)-n2c4ccc5c6ccccc6c6ccccc6c5c4c4cccc3c42)cc1. The normalized spacial score (nSPS) is 13.6. The van der Waals surface area contributed by atoms with Gasteiger partial charge in [0.05, 0.1) is 11.2 Å². The van der Waals surface area contributed by atoms with Crippen molar-refractivity contribution in [2.24, 2.45) is 0 Å². The van der Waals surface area contributed by atoms with Gasteiger partial charge in [-0.25, -0.2) is 0 Å². The van der Waals surface area contributed by atoms with Crippen LogP contribution in [0, 0.1) is 0 Å². The molecule has 2 aromatic heterocycles. The highest BCUT2D eigenvalue weighted by Crippen LogP contribution is 2.50. The van der Waals surface area contributed by atoms with Crippen LogP contribution in [0.1, 0.15) is 52.7 Å². The molecule has 0 atom stereocenters. The van der Waals surface area contributed by atoms with Crippen LogP contribution in [0.3, 0.4) is 0 Å². The highest BCUT2D eigenvalue weighted by Gasteiger charge is 2.44. The lowest BCUT2D eigenvalue weighted by Gasteiger charge is -2.42. The molecule has 0 saturated heterocycles. The maximum absolute atomic E-state index is 4.75. The topological polar surface area (TPSA) is 21.1 Å². The van der Waals surface area contributed by atoms with Gasteiger partial charge >= 0.3 is 0 Å². The summed E-state index contributed by atoms with van der Waals surface area (Å²) in [6.45, 7) is 13.9. The molecular formula is C61H46BN3. The molecule has 2 aliphatic heterocycles. The molecule has 0 amide bonds. The number of para-hydroxylation sites is 1. The lowest BCUT2D eigenvalue weighted by Crippen LogP contribution is -2.60. The fourth-order valence-electron chi connectivity index (χ4n) is 12.1. The first-order valence-electron chi connectivity index (χ1n) is 23.2. The number of nitrogens with zero attached hydrogens (tertiary/aromatic N) is 3. The van der Waals surface area contributed by atoms with Gasteiger partial charge in [0.1, 0.15) is 0 Å². The first kappa shape index (κ1) is 37.0. The summed E-state index contributed by atoms with van der Waals surface area (Å²) in [5.74, 6) is 0. The number of aromatic nitrogens is 2. The van der Waals surface area contributed by atoms with Crippen LogP contribution in [-0.2, 0) is 10.8 Å². The molecule has 0 radical (unpaired) electrons. The standard InChI is InChI=1S/C61H46BN3/c1-60(2,3)35-22-25-37(26-23-35)64-51-28-24-36(61(4,5)6)32-50(51)62-49-21-13-20-46-56-52(29-27-44-40-16-8-7-14-38(40)39-15-11-12-19-43(39)54(44)56)65(58(46)49)53-33-47-41-17-9-10-18-42(41)48-34-63-31-30-45(48)55(47)59(64)57(53)62/h7-34H,1-6H3. The van der Waals surface area contributed by atoms with Crippen LogP contribution < -0.4 is 21.3 Å². The van der Waals surface area contributed by atoms with Crippen molar-refractivity contribution in [1.29, 1.82) is 0 Å². The highest BCUT2D eigenvalue weighted by atomic mass is 15.2. The van der Waals surface area contributed by atoms with Crippen molar-refractivity contribution in [2.75, 3.05) is 4.90 Å². The number of hydrogen-bond acceptors (Lipinski definition) is 2. The zero-order chi connectivity index (χ0) is 43.7. The average Bonchev–Trinajstić information content (AvgIpc) is 3.67. The van der Waals surface area contributed by atoms with Gasteiger partial charge in [0.2, 0.25) is 0 Å². The summed E-state index contributed by atoms with van der Waals surface area (Å²) in [6.07, 6.45) is 4.06. The van der Waals surface area contributed by atoms with E-state index in [4.69, 9.17) is 4.98 Å². The van der Waals surface area contributed by atoms with E-state index in [9.17, 15) is 0 Å². The predicted molar refractivity (Wildman–Crippen MR) is 280 cm³/mol. The lowest BCUT2D eigenvalue weighted by molar-refractivity contribution is 0.590. The Morgan fingerprint density at radius 2 is 1.02 bits per heavy atom. The minimum Gasteiger partial charge on any atom is -0.311 e. The smallest absolute Gasteiger partial charge is 0.252 e. The molecule has 3 nitrogen and oxygen atoms in total. The third kappa shape index (κ3) is 4.84. The van der Waals surface area contributed by atoms with Crippen molar-refractivity contribution in [3.63, 3.8) is 0 Å². The van der Waals surface area contributed by atoms with Crippen LogP contribution in [0.4, 0.5) is 17.1 Å². The van der Waals surface area contributed by atoms with Crippen LogP contribution in [0.15, 0.2) is 170 Å². The maximum atomic E-state index is 4.75. The largest absolute Gasteiger partial charge is 0.311 e. The van der Waals surface area contributed by atoms with E-state index in [0.29, 0.717) is 0 Å². The Kier molecular flexibility index (Phi) is 7.19. The predicted octanol–water partition coefficient (Wildman–Crippen LogP) is 14.3. The lowest BCUT2D eigenvalue weighted by atomic mass is 9.33. The Bertz CT molecular complexity index is 4050. The molecule has 0 unspecified atom stereocenters. The van der Waals surface area contributed by atoms with Crippen molar-refractivity contribution in [1.82, 2.24) is 9.55 Å². The van der Waals surface area contributed by atoms with Crippen molar-refractivity contribution >= 4 is 127 Å². The van der Waals surface area contributed by atoms with Gasteiger partial charge in [-0.1, -0.05) is 163 Å². The van der Waals surface area contributed by atoms with Gasteiger partial charge in [-0.3, -0.25) is 4.98 Å². The van der Waals surface area contributed by atoms with Gasteiger partial charge in [-0.2, -0.15) is 0 Å². The quantitative estimate of drug-likeness (QED) is 0.121. The Balaban J connectivity index is 1.23. The molecule has 14 rings (SSSR count).